The first-order chi connectivity index (χ1) is 9.93. The van der Waals surface area contributed by atoms with Crippen LogP contribution in [-0.4, -0.2) is 42.4 Å². The molecule has 0 fully saturated rings. The minimum atomic E-state index is 0.664. The molecular weight excluding hydrogens is 274 g/mol. The van der Waals surface area contributed by atoms with E-state index in [-0.39, 0.29) is 0 Å². The summed E-state index contributed by atoms with van der Waals surface area (Å²) in [7, 11) is 0. The third-order valence-corrected chi connectivity index (χ3v) is 3.71. The molecule has 7 nitrogen and oxygen atoms in total. The van der Waals surface area contributed by atoms with Crippen molar-refractivity contribution in [3.63, 3.8) is 0 Å². The predicted octanol–water partition coefficient (Wildman–Crippen LogP) is 1.74. The fourth-order valence-corrected chi connectivity index (χ4v) is 2.60. The van der Waals surface area contributed by atoms with E-state index in [2.05, 4.69) is 35.5 Å². The first-order valence-corrected chi connectivity index (χ1v) is 7.20. The van der Waals surface area contributed by atoms with Crippen LogP contribution in [-0.2, 0) is 0 Å². The molecule has 0 bridgehead atoms. The van der Waals surface area contributed by atoms with E-state index in [9.17, 15) is 0 Å². The number of nitrogens with one attached hydrogen (secondary N) is 2. The highest BCUT2D eigenvalue weighted by Gasteiger charge is 2.05. The van der Waals surface area contributed by atoms with Crippen molar-refractivity contribution >= 4 is 28.7 Å². The van der Waals surface area contributed by atoms with Crippen LogP contribution in [0.4, 0.5) is 5.95 Å². The van der Waals surface area contributed by atoms with Gasteiger partial charge in [-0.05, 0) is 12.5 Å². The molecular formula is C12H13N7S. The van der Waals surface area contributed by atoms with Gasteiger partial charge in [-0.25, -0.2) is 19.9 Å². The van der Waals surface area contributed by atoms with Gasteiger partial charge in [-0.15, -0.1) is 11.8 Å². The zero-order valence-corrected chi connectivity index (χ0v) is 11.5. The maximum atomic E-state index is 4.28. The maximum Gasteiger partial charge on any atom is 0.222 e. The summed E-state index contributed by atoms with van der Waals surface area (Å²) in [6.45, 7) is 0.830. The Kier molecular flexibility index (Phi) is 4.02. The highest BCUT2D eigenvalue weighted by Crippen LogP contribution is 2.23. The molecule has 3 rings (SSSR count). The van der Waals surface area contributed by atoms with E-state index in [1.165, 1.54) is 0 Å². The van der Waals surface area contributed by atoms with Crippen molar-refractivity contribution in [3.05, 3.63) is 31.0 Å². The zero-order chi connectivity index (χ0) is 13.6. The number of rotatable bonds is 6. The molecule has 0 aliphatic rings. The molecule has 0 amide bonds. The number of thioether (sulfide) groups is 1. The molecule has 0 unspecified atom stereocenters. The van der Waals surface area contributed by atoms with Crippen LogP contribution < -0.4 is 5.32 Å². The summed E-state index contributed by atoms with van der Waals surface area (Å²) in [6.07, 6.45) is 7.75. The Labute approximate surface area is 119 Å². The highest BCUT2D eigenvalue weighted by atomic mass is 32.2. The summed E-state index contributed by atoms with van der Waals surface area (Å²) in [5, 5.41) is 11.9. The smallest absolute Gasteiger partial charge is 0.222 e. The van der Waals surface area contributed by atoms with Crippen molar-refractivity contribution in [3.8, 4) is 0 Å². The number of H-pyrrole nitrogens is 1. The fraction of sp³-hybridized carbons (Fsp3) is 0.250. The largest absolute Gasteiger partial charge is 0.354 e. The van der Waals surface area contributed by atoms with Crippen LogP contribution in [0.25, 0.3) is 11.0 Å². The van der Waals surface area contributed by atoms with Crippen molar-refractivity contribution in [2.75, 3.05) is 17.6 Å². The van der Waals surface area contributed by atoms with Crippen LogP contribution in [0.1, 0.15) is 6.42 Å². The topological polar surface area (TPSA) is 92.3 Å². The van der Waals surface area contributed by atoms with Gasteiger partial charge in [0.2, 0.25) is 5.95 Å². The lowest BCUT2D eigenvalue weighted by Gasteiger charge is -2.04. The molecule has 8 heteroatoms. The van der Waals surface area contributed by atoms with Gasteiger partial charge < -0.3 is 5.32 Å². The Bertz CT molecular complexity index is 670. The Morgan fingerprint density at radius 3 is 2.95 bits per heavy atom. The first-order valence-electron chi connectivity index (χ1n) is 6.21. The van der Waals surface area contributed by atoms with Gasteiger partial charge in [-0.3, -0.25) is 5.10 Å². The van der Waals surface area contributed by atoms with Gasteiger partial charge in [0.05, 0.1) is 11.6 Å². The van der Waals surface area contributed by atoms with Gasteiger partial charge in [0.15, 0.2) is 5.65 Å². The molecule has 0 aromatic carbocycles. The number of hydrogen-bond donors (Lipinski definition) is 2. The van der Waals surface area contributed by atoms with Gasteiger partial charge in [-0.2, -0.15) is 5.10 Å². The van der Waals surface area contributed by atoms with E-state index < -0.39 is 0 Å². The van der Waals surface area contributed by atoms with Crippen molar-refractivity contribution in [1.29, 1.82) is 0 Å². The molecule has 3 aromatic rings. The number of anilines is 1. The van der Waals surface area contributed by atoms with E-state index in [1.807, 2.05) is 0 Å². The van der Waals surface area contributed by atoms with E-state index in [1.54, 1.807) is 42.7 Å². The summed E-state index contributed by atoms with van der Waals surface area (Å²) < 4.78 is 0. The molecule has 20 heavy (non-hydrogen) atoms. The normalized spacial score (nSPS) is 10.8. The number of nitrogens with zero attached hydrogens (tertiary/aromatic N) is 5. The van der Waals surface area contributed by atoms with E-state index in [0.29, 0.717) is 5.95 Å². The molecule has 0 saturated carbocycles. The fourth-order valence-electron chi connectivity index (χ4n) is 1.69. The summed E-state index contributed by atoms with van der Waals surface area (Å²) in [6, 6.07) is 1.80. The minimum absolute atomic E-state index is 0.664. The third kappa shape index (κ3) is 3.02. The second kappa shape index (κ2) is 6.29. The average molecular weight is 287 g/mol. The molecule has 102 valence electrons. The predicted molar refractivity (Wildman–Crippen MR) is 77.5 cm³/mol. The summed E-state index contributed by atoms with van der Waals surface area (Å²) >= 11 is 1.70. The SMILES string of the molecule is c1cnc(NCCCSc2ncnc3[nH]ncc23)nc1. The molecule has 0 aliphatic carbocycles. The lowest BCUT2D eigenvalue weighted by Crippen LogP contribution is -2.05. The second-order valence-corrected chi connectivity index (χ2v) is 5.10. The minimum Gasteiger partial charge on any atom is -0.354 e. The van der Waals surface area contributed by atoms with E-state index >= 15 is 0 Å². The van der Waals surface area contributed by atoms with Gasteiger partial charge in [0.25, 0.3) is 0 Å². The van der Waals surface area contributed by atoms with Crippen LogP contribution in [0.15, 0.2) is 36.0 Å². The number of hydrogen-bond acceptors (Lipinski definition) is 7. The van der Waals surface area contributed by atoms with E-state index in [0.717, 1.165) is 34.8 Å². The van der Waals surface area contributed by atoms with Crippen LogP contribution in [0.3, 0.4) is 0 Å². The van der Waals surface area contributed by atoms with Crippen LogP contribution in [0.5, 0.6) is 0 Å². The molecule has 2 N–H and O–H groups in total. The third-order valence-electron chi connectivity index (χ3n) is 2.62. The molecule has 0 aliphatic heterocycles. The summed E-state index contributed by atoms with van der Waals surface area (Å²) in [4.78, 5) is 16.6. The van der Waals surface area contributed by atoms with Gasteiger partial charge in [0, 0.05) is 24.7 Å². The van der Waals surface area contributed by atoms with Gasteiger partial charge in [-0.1, -0.05) is 0 Å². The van der Waals surface area contributed by atoms with Gasteiger partial charge in [0.1, 0.15) is 11.4 Å². The van der Waals surface area contributed by atoms with E-state index in [4.69, 9.17) is 0 Å². The molecule has 3 aromatic heterocycles. The molecule has 3 heterocycles. The Balaban J connectivity index is 1.47. The zero-order valence-electron chi connectivity index (χ0n) is 10.7. The average Bonchev–Trinajstić information content (AvgIpc) is 2.97. The highest BCUT2D eigenvalue weighted by molar-refractivity contribution is 7.99. The Morgan fingerprint density at radius 1 is 1.15 bits per heavy atom. The quantitative estimate of drug-likeness (QED) is 0.405. The number of fused-ring (bicyclic) bond motifs is 1. The Hall–Kier alpha value is -2.22. The lowest BCUT2D eigenvalue weighted by molar-refractivity contribution is 0.959. The standard InChI is InChI=1S/C12H13N7S/c1-3-13-12(14-4-1)15-5-2-6-20-11-9-7-18-19-10(9)16-8-17-11/h1,3-4,7-8H,2,5-6H2,(H,13,14,15)(H,16,17,18,19). The molecule has 0 spiro atoms. The van der Waals surface area contributed by atoms with Crippen molar-refractivity contribution < 1.29 is 0 Å². The number of aromatic amines is 1. The molecule has 0 saturated heterocycles. The summed E-state index contributed by atoms with van der Waals surface area (Å²) in [5.74, 6) is 1.62. The monoisotopic (exact) mass is 287 g/mol. The summed E-state index contributed by atoms with van der Waals surface area (Å²) in [5.41, 5.74) is 0.776. The molecule has 0 radical (unpaired) electrons. The maximum absolute atomic E-state index is 4.28. The number of aromatic nitrogens is 6. The van der Waals surface area contributed by atoms with Crippen LogP contribution in [0.2, 0.25) is 0 Å². The van der Waals surface area contributed by atoms with Crippen molar-refractivity contribution in [2.45, 2.75) is 11.4 Å². The van der Waals surface area contributed by atoms with Crippen molar-refractivity contribution in [1.82, 2.24) is 30.1 Å². The lowest BCUT2D eigenvalue weighted by atomic mass is 10.4. The Morgan fingerprint density at radius 2 is 2.05 bits per heavy atom. The first kappa shape index (κ1) is 12.8. The molecule has 0 atom stereocenters. The second-order valence-electron chi connectivity index (χ2n) is 4.01. The van der Waals surface area contributed by atoms with Gasteiger partial charge >= 0.3 is 0 Å². The van der Waals surface area contributed by atoms with Crippen LogP contribution >= 0.6 is 11.8 Å². The van der Waals surface area contributed by atoms with Crippen LogP contribution in [0, 0.1) is 0 Å². The van der Waals surface area contributed by atoms with Crippen molar-refractivity contribution in [2.24, 2.45) is 0 Å².